The Morgan fingerprint density at radius 2 is 1.95 bits per heavy atom. The van der Waals surface area contributed by atoms with Gasteiger partial charge in [-0.15, -0.1) is 0 Å². The second kappa shape index (κ2) is 5.61. The Hall–Kier alpha value is -2.23. The van der Waals surface area contributed by atoms with Gasteiger partial charge in [0.1, 0.15) is 6.33 Å². The van der Waals surface area contributed by atoms with E-state index in [0.717, 1.165) is 5.56 Å². The molecule has 0 aliphatic carbocycles. The minimum Gasteiger partial charge on any atom is -0.481 e. The van der Waals surface area contributed by atoms with Gasteiger partial charge in [-0.1, -0.05) is 12.1 Å². The summed E-state index contributed by atoms with van der Waals surface area (Å²) in [5.74, 6) is 0.515. The smallest absolute Gasteiger partial charge is 0.216 e. The van der Waals surface area contributed by atoms with Crippen LogP contribution in [0.2, 0.25) is 0 Å². The average molecular weight is 256 g/mol. The fourth-order valence-electron chi connectivity index (χ4n) is 1.77. The molecule has 1 aromatic heterocycles. The van der Waals surface area contributed by atoms with Crippen LogP contribution in [0.5, 0.6) is 5.88 Å². The summed E-state index contributed by atoms with van der Waals surface area (Å²) in [6.45, 7) is 4.03. The van der Waals surface area contributed by atoms with Crippen molar-refractivity contribution in [1.29, 1.82) is 0 Å². The third kappa shape index (κ3) is 3.16. The second-order valence-electron chi connectivity index (χ2n) is 4.45. The minimum absolute atomic E-state index is 0.0452. The Morgan fingerprint density at radius 3 is 2.63 bits per heavy atom. The molecule has 0 amide bonds. The van der Waals surface area contributed by atoms with E-state index in [9.17, 15) is 4.79 Å². The molecule has 4 nitrogen and oxygen atoms in total. The van der Waals surface area contributed by atoms with Crippen LogP contribution in [0.4, 0.5) is 0 Å². The summed E-state index contributed by atoms with van der Waals surface area (Å²) in [5.41, 5.74) is 3.67. The molecule has 0 bridgehead atoms. The van der Waals surface area contributed by atoms with E-state index in [1.165, 1.54) is 19.0 Å². The van der Waals surface area contributed by atoms with E-state index in [4.69, 9.17) is 4.74 Å². The molecule has 0 fully saturated rings. The van der Waals surface area contributed by atoms with Crippen molar-refractivity contribution in [2.75, 3.05) is 7.11 Å². The Bertz CT molecular complexity index is 609. The Balaban J connectivity index is 2.18. The molecule has 2 rings (SSSR count). The molecular weight excluding hydrogens is 240 g/mol. The highest BCUT2D eigenvalue weighted by Gasteiger charge is 2.10. The normalized spacial score (nSPS) is 10.3. The fourth-order valence-corrected chi connectivity index (χ4v) is 1.77. The highest BCUT2D eigenvalue weighted by molar-refractivity contribution is 5.97. The summed E-state index contributed by atoms with van der Waals surface area (Å²) in [7, 11) is 1.54. The standard InChI is InChI=1S/C15H16N2O2/c1-10-4-5-12(6-11(10)2)14(18)7-13-8-15(19-3)17-9-16-13/h4-6,8-9H,7H2,1-3H3. The van der Waals surface area contributed by atoms with Crippen molar-refractivity contribution >= 4 is 5.78 Å². The summed E-state index contributed by atoms with van der Waals surface area (Å²) >= 11 is 0. The topological polar surface area (TPSA) is 52.1 Å². The highest BCUT2D eigenvalue weighted by atomic mass is 16.5. The zero-order valence-electron chi connectivity index (χ0n) is 11.3. The number of ketones is 1. The molecule has 1 aromatic carbocycles. The van der Waals surface area contributed by atoms with E-state index in [2.05, 4.69) is 9.97 Å². The molecule has 0 aliphatic rings. The lowest BCUT2D eigenvalue weighted by atomic mass is 10.0. The van der Waals surface area contributed by atoms with Gasteiger partial charge in [0.05, 0.1) is 19.2 Å². The summed E-state index contributed by atoms with van der Waals surface area (Å²) in [5, 5.41) is 0. The summed E-state index contributed by atoms with van der Waals surface area (Å²) in [4.78, 5) is 20.2. The van der Waals surface area contributed by atoms with Gasteiger partial charge in [0.2, 0.25) is 5.88 Å². The number of hydrogen-bond acceptors (Lipinski definition) is 4. The lowest BCUT2D eigenvalue weighted by Crippen LogP contribution is -2.06. The van der Waals surface area contributed by atoms with Crippen LogP contribution in [0.15, 0.2) is 30.6 Å². The van der Waals surface area contributed by atoms with Gasteiger partial charge in [0.15, 0.2) is 5.78 Å². The van der Waals surface area contributed by atoms with Gasteiger partial charge in [-0.25, -0.2) is 9.97 Å². The molecule has 2 aromatic rings. The largest absolute Gasteiger partial charge is 0.481 e. The zero-order valence-corrected chi connectivity index (χ0v) is 11.3. The number of rotatable bonds is 4. The average Bonchev–Trinajstić information content (AvgIpc) is 2.42. The molecule has 0 spiro atoms. The van der Waals surface area contributed by atoms with Crippen molar-refractivity contribution in [3.8, 4) is 5.88 Å². The molecule has 0 unspecified atom stereocenters. The molecule has 4 heteroatoms. The first kappa shape index (κ1) is 13.2. The van der Waals surface area contributed by atoms with Crippen molar-refractivity contribution in [1.82, 2.24) is 9.97 Å². The predicted octanol–water partition coefficient (Wildman–Crippen LogP) is 2.53. The van der Waals surface area contributed by atoms with E-state index in [1.54, 1.807) is 6.07 Å². The quantitative estimate of drug-likeness (QED) is 0.789. The molecule has 0 saturated carbocycles. The SMILES string of the molecule is COc1cc(CC(=O)c2ccc(C)c(C)c2)ncn1. The first-order valence-electron chi connectivity index (χ1n) is 6.05. The number of Topliss-reactive ketones (excluding diaryl/α,β-unsaturated/α-hetero) is 1. The number of carbonyl (C=O) groups excluding carboxylic acids is 1. The van der Waals surface area contributed by atoms with Crippen LogP contribution in [-0.4, -0.2) is 22.9 Å². The monoisotopic (exact) mass is 256 g/mol. The molecule has 0 saturated heterocycles. The van der Waals surface area contributed by atoms with Crippen LogP contribution in [0.3, 0.4) is 0 Å². The van der Waals surface area contributed by atoms with Gasteiger partial charge in [-0.2, -0.15) is 0 Å². The predicted molar refractivity (Wildman–Crippen MR) is 72.5 cm³/mol. The van der Waals surface area contributed by atoms with E-state index in [0.29, 0.717) is 17.1 Å². The highest BCUT2D eigenvalue weighted by Crippen LogP contribution is 2.13. The third-order valence-corrected chi connectivity index (χ3v) is 3.08. The molecular formula is C15H16N2O2. The first-order valence-corrected chi connectivity index (χ1v) is 6.05. The second-order valence-corrected chi connectivity index (χ2v) is 4.45. The molecule has 0 radical (unpaired) electrons. The summed E-state index contributed by atoms with van der Waals surface area (Å²) < 4.78 is 5.01. The fraction of sp³-hybridized carbons (Fsp3) is 0.267. The maximum atomic E-state index is 12.2. The molecule has 0 N–H and O–H groups in total. The number of carbonyl (C=O) groups is 1. The van der Waals surface area contributed by atoms with Crippen molar-refractivity contribution in [3.63, 3.8) is 0 Å². The van der Waals surface area contributed by atoms with E-state index in [-0.39, 0.29) is 12.2 Å². The number of aryl methyl sites for hydroxylation is 2. The van der Waals surface area contributed by atoms with E-state index < -0.39 is 0 Å². The molecule has 19 heavy (non-hydrogen) atoms. The van der Waals surface area contributed by atoms with Gasteiger partial charge in [-0.05, 0) is 31.0 Å². The molecule has 1 heterocycles. The van der Waals surface area contributed by atoms with Crippen LogP contribution in [-0.2, 0) is 6.42 Å². The number of aromatic nitrogens is 2. The van der Waals surface area contributed by atoms with Gasteiger partial charge < -0.3 is 4.74 Å². The van der Waals surface area contributed by atoms with Crippen LogP contribution in [0.25, 0.3) is 0 Å². The lowest BCUT2D eigenvalue weighted by Gasteiger charge is -2.05. The number of benzene rings is 1. The first-order chi connectivity index (χ1) is 9.10. The van der Waals surface area contributed by atoms with Crippen LogP contribution < -0.4 is 4.74 Å². The number of methoxy groups -OCH3 is 1. The number of hydrogen-bond donors (Lipinski definition) is 0. The summed E-state index contributed by atoms with van der Waals surface area (Å²) in [6, 6.07) is 7.40. The van der Waals surface area contributed by atoms with Gasteiger partial charge in [0.25, 0.3) is 0 Å². The summed E-state index contributed by atoms with van der Waals surface area (Å²) in [6.07, 6.45) is 1.66. The van der Waals surface area contributed by atoms with Gasteiger partial charge in [0, 0.05) is 11.6 Å². The third-order valence-electron chi connectivity index (χ3n) is 3.08. The van der Waals surface area contributed by atoms with Crippen LogP contribution in [0, 0.1) is 13.8 Å². The maximum absolute atomic E-state index is 12.2. The lowest BCUT2D eigenvalue weighted by molar-refractivity contribution is 0.0992. The number of nitrogens with zero attached hydrogens (tertiary/aromatic N) is 2. The van der Waals surface area contributed by atoms with Crippen molar-refractivity contribution < 1.29 is 9.53 Å². The van der Waals surface area contributed by atoms with E-state index >= 15 is 0 Å². The van der Waals surface area contributed by atoms with E-state index in [1.807, 2.05) is 32.0 Å². The zero-order chi connectivity index (χ0) is 13.8. The Kier molecular flexibility index (Phi) is 3.90. The van der Waals surface area contributed by atoms with Gasteiger partial charge >= 0.3 is 0 Å². The maximum Gasteiger partial charge on any atom is 0.216 e. The Morgan fingerprint density at radius 1 is 1.16 bits per heavy atom. The Labute approximate surface area is 112 Å². The van der Waals surface area contributed by atoms with Crippen molar-refractivity contribution in [2.24, 2.45) is 0 Å². The van der Waals surface area contributed by atoms with Crippen molar-refractivity contribution in [3.05, 3.63) is 53.0 Å². The molecule has 0 aliphatic heterocycles. The van der Waals surface area contributed by atoms with Crippen LogP contribution in [0.1, 0.15) is 27.2 Å². The minimum atomic E-state index is 0.0452. The van der Waals surface area contributed by atoms with Gasteiger partial charge in [-0.3, -0.25) is 4.79 Å². The van der Waals surface area contributed by atoms with Crippen LogP contribution >= 0.6 is 0 Å². The number of ether oxygens (including phenoxy) is 1. The molecule has 0 atom stereocenters. The van der Waals surface area contributed by atoms with Crippen molar-refractivity contribution in [2.45, 2.75) is 20.3 Å². The molecule has 98 valence electrons.